The summed E-state index contributed by atoms with van der Waals surface area (Å²) in [6.07, 6.45) is 4.62. The zero-order valence-electron chi connectivity index (χ0n) is 18.2. The van der Waals surface area contributed by atoms with Crippen LogP contribution in [-0.2, 0) is 9.59 Å². The van der Waals surface area contributed by atoms with E-state index in [1.54, 1.807) is 0 Å². The molecule has 0 radical (unpaired) electrons. The molecule has 1 aliphatic rings. The molecule has 0 aromatic heterocycles. The molecule has 0 saturated heterocycles. The van der Waals surface area contributed by atoms with E-state index in [-0.39, 0.29) is 35.2 Å². The summed E-state index contributed by atoms with van der Waals surface area (Å²) >= 11 is 0. The van der Waals surface area contributed by atoms with E-state index >= 15 is 0 Å². The van der Waals surface area contributed by atoms with Crippen LogP contribution < -0.4 is 5.43 Å². The normalized spacial score (nSPS) is 15.5. The molecule has 0 heterocycles. The number of carbonyl (C=O) groups is 2. The van der Waals surface area contributed by atoms with Crippen molar-refractivity contribution >= 4 is 46.5 Å². The van der Waals surface area contributed by atoms with Gasteiger partial charge in [0.2, 0.25) is 0 Å². The largest absolute Gasteiger partial charge is 0.508 e. The fraction of sp³-hybridized carbons (Fsp3) is 0.115. The molecule has 1 aliphatic carbocycles. The van der Waals surface area contributed by atoms with E-state index < -0.39 is 0 Å². The highest BCUT2D eigenvalue weighted by molar-refractivity contribution is 6.44. The Morgan fingerprint density at radius 2 is 1.47 bits per heavy atom. The lowest BCUT2D eigenvalue weighted by Gasteiger charge is -2.11. The summed E-state index contributed by atoms with van der Waals surface area (Å²) in [5, 5.41) is 31.3. The number of carbonyl (C=O) groups excluding carboxylic acids is 2. The van der Waals surface area contributed by atoms with Crippen LogP contribution in [0.2, 0.25) is 0 Å². The number of phenolic OH excluding ortho intramolecular Hbond substituents is 2. The van der Waals surface area contributed by atoms with Crippen LogP contribution in [0.5, 0.6) is 11.5 Å². The van der Waals surface area contributed by atoms with Crippen LogP contribution in [-0.4, -0.2) is 27.5 Å². The minimum atomic E-state index is -0.214. The van der Waals surface area contributed by atoms with Crippen molar-refractivity contribution in [3.05, 3.63) is 77.9 Å². The predicted octanol–water partition coefficient (Wildman–Crippen LogP) is 5.77. The summed E-state index contributed by atoms with van der Waals surface area (Å²) in [4.78, 5) is 23.1. The van der Waals surface area contributed by atoms with Crippen molar-refractivity contribution in [1.82, 2.24) is 0 Å². The minimum absolute atomic E-state index is 0.0338. The fourth-order valence-corrected chi connectivity index (χ4v) is 3.24. The molecule has 170 valence electrons. The number of rotatable bonds is 6. The van der Waals surface area contributed by atoms with E-state index in [2.05, 4.69) is 20.8 Å². The third-order valence-electron chi connectivity index (χ3n) is 5.14. The zero-order valence-corrected chi connectivity index (χ0v) is 18.2. The highest BCUT2D eigenvalue weighted by atomic mass is 16.3. The summed E-state index contributed by atoms with van der Waals surface area (Å²) in [7, 11) is 0. The Balaban J connectivity index is 1.34. The van der Waals surface area contributed by atoms with Crippen LogP contribution in [0, 0.1) is 0 Å². The maximum atomic E-state index is 11.8. The van der Waals surface area contributed by atoms with Gasteiger partial charge in [0.05, 0.1) is 17.8 Å². The van der Waals surface area contributed by atoms with Gasteiger partial charge in [-0.05, 0) is 47.5 Å². The molecule has 0 aliphatic heterocycles. The molecule has 3 aromatic rings. The van der Waals surface area contributed by atoms with Gasteiger partial charge >= 0.3 is 0 Å². The average Bonchev–Trinajstić information content (AvgIpc) is 2.83. The maximum absolute atomic E-state index is 11.8. The number of hydrogen-bond acceptors (Lipinski definition) is 8. The van der Waals surface area contributed by atoms with Crippen molar-refractivity contribution < 1.29 is 19.8 Å². The predicted molar refractivity (Wildman–Crippen MR) is 131 cm³/mol. The number of nitrogens with one attached hydrogen (secondary N) is 1. The smallest absolute Gasteiger partial charge is 0.186 e. The fourth-order valence-electron chi connectivity index (χ4n) is 3.24. The number of benzene rings is 3. The van der Waals surface area contributed by atoms with Crippen LogP contribution in [0.4, 0.5) is 17.1 Å². The van der Waals surface area contributed by atoms with Crippen molar-refractivity contribution in [3.63, 3.8) is 0 Å². The first kappa shape index (κ1) is 22.6. The first-order valence-corrected chi connectivity index (χ1v) is 10.7. The van der Waals surface area contributed by atoms with Crippen molar-refractivity contribution in [1.29, 1.82) is 0 Å². The Morgan fingerprint density at radius 1 is 0.794 bits per heavy atom. The monoisotopic (exact) mass is 454 g/mol. The second-order valence-electron chi connectivity index (χ2n) is 7.73. The quantitative estimate of drug-likeness (QED) is 0.189. The molecular formula is C26H22N4O4. The van der Waals surface area contributed by atoms with Gasteiger partial charge in [0, 0.05) is 18.9 Å². The molecule has 1 saturated carbocycles. The molecule has 3 aromatic carbocycles. The number of ketones is 2. The number of phenols is 2. The minimum Gasteiger partial charge on any atom is -0.508 e. The van der Waals surface area contributed by atoms with Crippen molar-refractivity contribution in [2.45, 2.75) is 19.3 Å². The molecule has 0 bridgehead atoms. The van der Waals surface area contributed by atoms with Gasteiger partial charge in [-0.25, -0.2) is 0 Å². The third-order valence-corrected chi connectivity index (χ3v) is 5.14. The number of Topliss-reactive ketones (excluding diaryl/α,β-unsaturated/α-hetero) is 2. The molecular weight excluding hydrogens is 432 g/mol. The molecule has 0 amide bonds. The number of hydrazone groups is 1. The summed E-state index contributed by atoms with van der Waals surface area (Å²) in [6.45, 7) is 0. The number of hydrogen-bond donors (Lipinski definition) is 3. The lowest BCUT2D eigenvalue weighted by atomic mass is 9.96. The Hall–Kier alpha value is -4.59. The average molecular weight is 454 g/mol. The Bertz CT molecular complexity index is 1290. The summed E-state index contributed by atoms with van der Waals surface area (Å²) in [5.41, 5.74) is 6.91. The lowest BCUT2D eigenvalue weighted by molar-refractivity contribution is -0.125. The van der Waals surface area contributed by atoms with E-state index in [1.165, 1.54) is 18.2 Å². The summed E-state index contributed by atoms with van der Waals surface area (Å²) in [6, 6.07) is 19.1. The van der Waals surface area contributed by atoms with Gasteiger partial charge in [-0.15, -0.1) is 5.11 Å². The molecule has 1 fully saturated rings. The first-order valence-electron chi connectivity index (χ1n) is 10.7. The van der Waals surface area contributed by atoms with Crippen molar-refractivity contribution in [2.24, 2.45) is 15.3 Å². The van der Waals surface area contributed by atoms with E-state index in [0.29, 0.717) is 24.2 Å². The molecule has 0 atom stereocenters. The van der Waals surface area contributed by atoms with Crippen LogP contribution >= 0.6 is 0 Å². The number of nitrogens with zero attached hydrogens (tertiary/aromatic N) is 3. The SMILES string of the molecule is O=C1CCC(=NNc2ccc(/C=C\c3ccc(N=Nc4ccc(O)cc4O)cc3)cc2)C(=O)C1. The Morgan fingerprint density at radius 3 is 2.12 bits per heavy atom. The number of azo groups is 1. The number of aromatic hydroxyl groups is 2. The lowest BCUT2D eigenvalue weighted by Crippen LogP contribution is -2.25. The molecule has 8 nitrogen and oxygen atoms in total. The van der Waals surface area contributed by atoms with Crippen molar-refractivity contribution in [2.75, 3.05) is 5.43 Å². The first-order chi connectivity index (χ1) is 16.5. The van der Waals surface area contributed by atoms with Gasteiger partial charge in [-0.3, -0.25) is 15.0 Å². The van der Waals surface area contributed by atoms with Gasteiger partial charge in [0.1, 0.15) is 28.7 Å². The van der Waals surface area contributed by atoms with Gasteiger partial charge in [0.25, 0.3) is 0 Å². The molecule has 3 N–H and O–H groups in total. The molecule has 0 spiro atoms. The van der Waals surface area contributed by atoms with Gasteiger partial charge in [-0.1, -0.05) is 36.4 Å². The second-order valence-corrected chi connectivity index (χ2v) is 7.73. The van der Waals surface area contributed by atoms with E-state index in [4.69, 9.17) is 0 Å². The van der Waals surface area contributed by atoms with Gasteiger partial charge in [0.15, 0.2) is 5.78 Å². The van der Waals surface area contributed by atoms with Crippen LogP contribution in [0.25, 0.3) is 12.2 Å². The van der Waals surface area contributed by atoms with Gasteiger partial charge < -0.3 is 10.2 Å². The Labute approximate surface area is 196 Å². The van der Waals surface area contributed by atoms with Crippen LogP contribution in [0.3, 0.4) is 0 Å². The Kier molecular flexibility index (Phi) is 6.88. The topological polar surface area (TPSA) is 124 Å². The van der Waals surface area contributed by atoms with Crippen LogP contribution in [0.15, 0.2) is 82.1 Å². The standard InChI is InChI=1S/C26H22N4O4/c31-21-11-13-23(25(33)15-21)29-27-19-7-3-17(4-8-19)1-2-18-5-9-20(10-6-18)28-30-24-14-12-22(32)16-26(24)34/h1-11,13,15,28,31,33H,12,14,16H2/b2-1-,29-27?,30-24?. The van der Waals surface area contributed by atoms with Crippen molar-refractivity contribution in [3.8, 4) is 11.5 Å². The summed E-state index contributed by atoms with van der Waals surface area (Å²) < 4.78 is 0. The third kappa shape index (κ3) is 6.01. The van der Waals surface area contributed by atoms with Crippen LogP contribution in [0.1, 0.15) is 30.4 Å². The molecule has 0 unspecified atom stereocenters. The maximum Gasteiger partial charge on any atom is 0.186 e. The number of anilines is 1. The molecule has 8 heteroatoms. The highest BCUT2D eigenvalue weighted by Gasteiger charge is 2.22. The zero-order chi connectivity index (χ0) is 23.9. The van der Waals surface area contributed by atoms with Gasteiger partial charge in [-0.2, -0.15) is 10.2 Å². The van der Waals surface area contributed by atoms with E-state index in [1.807, 2.05) is 60.7 Å². The summed E-state index contributed by atoms with van der Waals surface area (Å²) in [5.74, 6) is -0.430. The van der Waals surface area contributed by atoms with E-state index in [9.17, 15) is 19.8 Å². The second kappa shape index (κ2) is 10.4. The van der Waals surface area contributed by atoms with E-state index in [0.717, 1.165) is 16.8 Å². The molecule has 4 rings (SSSR count). The highest BCUT2D eigenvalue weighted by Crippen LogP contribution is 2.31. The molecule has 34 heavy (non-hydrogen) atoms.